The summed E-state index contributed by atoms with van der Waals surface area (Å²) in [5.41, 5.74) is 0. The third-order valence-electron chi connectivity index (χ3n) is 2.07. The maximum atomic E-state index is 11.2. The van der Waals surface area contributed by atoms with Crippen LogP contribution in [0.4, 0.5) is 0 Å². The smallest absolute Gasteiger partial charge is 0.220 e. The Bertz CT molecular complexity index is 132. The fraction of sp³-hybridized carbons (Fsp3) is 0.900. The highest BCUT2D eigenvalue weighted by molar-refractivity contribution is 5.76. The molecule has 2 nitrogen and oxygen atoms in total. The van der Waals surface area contributed by atoms with Gasteiger partial charge in [-0.05, 0) is 18.8 Å². The number of rotatable bonds is 5. The zero-order valence-electron chi connectivity index (χ0n) is 8.68. The molecule has 0 radical (unpaired) electrons. The van der Waals surface area contributed by atoms with Crippen molar-refractivity contribution in [1.29, 1.82) is 0 Å². The molecule has 0 aromatic heterocycles. The molecule has 0 rings (SSSR count). The van der Waals surface area contributed by atoms with E-state index in [0.717, 1.165) is 12.8 Å². The molecule has 72 valence electrons. The Morgan fingerprint density at radius 2 is 1.92 bits per heavy atom. The highest BCUT2D eigenvalue weighted by Gasteiger charge is 2.12. The molecule has 0 aliphatic heterocycles. The maximum absolute atomic E-state index is 11.2. The number of amides is 1. The molecular formula is C10H21NO. The topological polar surface area (TPSA) is 29.1 Å². The fourth-order valence-electron chi connectivity index (χ4n) is 1.25. The number of nitrogens with one attached hydrogen (secondary N) is 1. The average molecular weight is 171 g/mol. The van der Waals surface area contributed by atoms with Crippen molar-refractivity contribution in [3.8, 4) is 0 Å². The fourth-order valence-corrected chi connectivity index (χ4v) is 1.25. The molecule has 0 aliphatic carbocycles. The molecule has 1 unspecified atom stereocenters. The van der Waals surface area contributed by atoms with E-state index in [1.807, 2.05) is 6.92 Å². The monoisotopic (exact) mass is 171 g/mol. The first-order valence-corrected chi connectivity index (χ1v) is 4.91. The summed E-state index contributed by atoms with van der Waals surface area (Å²) in [7, 11) is 0. The van der Waals surface area contributed by atoms with Crippen LogP contribution in [0.5, 0.6) is 0 Å². The van der Waals surface area contributed by atoms with Crippen LogP contribution in [0.25, 0.3) is 0 Å². The molecule has 0 aromatic carbocycles. The Kier molecular flexibility index (Phi) is 5.77. The van der Waals surface area contributed by atoms with Crippen LogP contribution in [0.1, 0.15) is 47.0 Å². The SMILES string of the molecule is CCCC(=O)NC(CC)C(C)C. The molecule has 0 heterocycles. The van der Waals surface area contributed by atoms with E-state index in [1.54, 1.807) is 0 Å². The van der Waals surface area contributed by atoms with Crippen LogP contribution in [-0.2, 0) is 4.79 Å². The molecule has 0 aromatic rings. The second-order valence-electron chi connectivity index (χ2n) is 3.58. The number of hydrogen-bond donors (Lipinski definition) is 1. The molecule has 0 aliphatic rings. The van der Waals surface area contributed by atoms with Gasteiger partial charge in [-0.2, -0.15) is 0 Å². The lowest BCUT2D eigenvalue weighted by atomic mass is 10.0. The lowest BCUT2D eigenvalue weighted by Gasteiger charge is -2.20. The van der Waals surface area contributed by atoms with Gasteiger partial charge in [-0.25, -0.2) is 0 Å². The predicted octanol–water partition coefficient (Wildman–Crippen LogP) is 2.34. The number of hydrogen-bond acceptors (Lipinski definition) is 1. The van der Waals surface area contributed by atoms with Crippen LogP contribution in [0, 0.1) is 5.92 Å². The lowest BCUT2D eigenvalue weighted by Crippen LogP contribution is -2.37. The van der Waals surface area contributed by atoms with Crippen molar-refractivity contribution in [3.63, 3.8) is 0 Å². The van der Waals surface area contributed by atoms with Gasteiger partial charge in [0.2, 0.25) is 5.91 Å². The Hall–Kier alpha value is -0.530. The summed E-state index contributed by atoms with van der Waals surface area (Å²) < 4.78 is 0. The third kappa shape index (κ3) is 4.37. The van der Waals surface area contributed by atoms with Gasteiger partial charge >= 0.3 is 0 Å². The van der Waals surface area contributed by atoms with E-state index in [1.165, 1.54) is 0 Å². The van der Waals surface area contributed by atoms with Gasteiger partial charge < -0.3 is 5.32 Å². The Morgan fingerprint density at radius 3 is 2.25 bits per heavy atom. The number of carbonyl (C=O) groups is 1. The van der Waals surface area contributed by atoms with E-state index in [-0.39, 0.29) is 5.91 Å². The van der Waals surface area contributed by atoms with E-state index < -0.39 is 0 Å². The summed E-state index contributed by atoms with van der Waals surface area (Å²) in [4.78, 5) is 11.2. The Balaban J connectivity index is 3.77. The van der Waals surface area contributed by atoms with Crippen LogP contribution in [0.15, 0.2) is 0 Å². The van der Waals surface area contributed by atoms with Crippen molar-refractivity contribution in [2.24, 2.45) is 5.92 Å². The normalized spacial score (nSPS) is 13.1. The lowest BCUT2D eigenvalue weighted by molar-refractivity contribution is -0.122. The molecule has 1 N–H and O–H groups in total. The average Bonchev–Trinajstić information content (AvgIpc) is 2.00. The van der Waals surface area contributed by atoms with Gasteiger partial charge in [0.1, 0.15) is 0 Å². The van der Waals surface area contributed by atoms with Crippen molar-refractivity contribution in [1.82, 2.24) is 5.32 Å². The third-order valence-corrected chi connectivity index (χ3v) is 2.07. The molecule has 2 heteroatoms. The first-order chi connectivity index (χ1) is 5.61. The highest BCUT2D eigenvalue weighted by Crippen LogP contribution is 2.05. The zero-order valence-corrected chi connectivity index (χ0v) is 8.68. The Labute approximate surface area is 75.7 Å². The molecule has 1 amide bonds. The number of carbonyl (C=O) groups excluding carboxylic acids is 1. The summed E-state index contributed by atoms with van der Waals surface area (Å²) in [5, 5.41) is 3.03. The standard InChI is InChI=1S/C10H21NO/c1-5-7-10(12)11-9(6-2)8(3)4/h8-9H,5-7H2,1-4H3,(H,11,12). The molecule has 12 heavy (non-hydrogen) atoms. The predicted molar refractivity (Wildman–Crippen MR) is 52.0 cm³/mol. The van der Waals surface area contributed by atoms with E-state index in [0.29, 0.717) is 18.4 Å². The van der Waals surface area contributed by atoms with E-state index >= 15 is 0 Å². The quantitative estimate of drug-likeness (QED) is 0.676. The van der Waals surface area contributed by atoms with Crippen molar-refractivity contribution in [3.05, 3.63) is 0 Å². The van der Waals surface area contributed by atoms with Crippen LogP contribution in [0.2, 0.25) is 0 Å². The van der Waals surface area contributed by atoms with Gasteiger partial charge in [0.05, 0.1) is 0 Å². The summed E-state index contributed by atoms with van der Waals surface area (Å²) in [6, 6.07) is 0.351. The van der Waals surface area contributed by atoms with Crippen molar-refractivity contribution in [2.45, 2.75) is 53.0 Å². The van der Waals surface area contributed by atoms with Crippen LogP contribution >= 0.6 is 0 Å². The van der Waals surface area contributed by atoms with Crippen molar-refractivity contribution < 1.29 is 4.79 Å². The minimum Gasteiger partial charge on any atom is -0.353 e. The summed E-state index contributed by atoms with van der Waals surface area (Å²) in [6.07, 6.45) is 2.61. The van der Waals surface area contributed by atoms with E-state index in [9.17, 15) is 4.79 Å². The molecule has 0 fully saturated rings. The molecular weight excluding hydrogens is 150 g/mol. The van der Waals surface area contributed by atoms with Crippen LogP contribution in [0.3, 0.4) is 0 Å². The second kappa shape index (κ2) is 6.04. The largest absolute Gasteiger partial charge is 0.353 e. The van der Waals surface area contributed by atoms with E-state index in [2.05, 4.69) is 26.1 Å². The molecule has 0 saturated heterocycles. The van der Waals surface area contributed by atoms with Gasteiger partial charge in [-0.3, -0.25) is 4.79 Å². The molecule has 0 saturated carbocycles. The van der Waals surface area contributed by atoms with Gasteiger partial charge in [-0.15, -0.1) is 0 Å². The van der Waals surface area contributed by atoms with Gasteiger partial charge in [0, 0.05) is 12.5 Å². The molecule has 0 spiro atoms. The molecule has 1 atom stereocenters. The van der Waals surface area contributed by atoms with Gasteiger partial charge in [0.25, 0.3) is 0 Å². The van der Waals surface area contributed by atoms with Crippen LogP contribution < -0.4 is 5.32 Å². The minimum atomic E-state index is 0.193. The second-order valence-corrected chi connectivity index (χ2v) is 3.58. The van der Waals surface area contributed by atoms with Crippen molar-refractivity contribution in [2.75, 3.05) is 0 Å². The molecule has 0 bridgehead atoms. The first kappa shape index (κ1) is 11.5. The minimum absolute atomic E-state index is 0.193. The summed E-state index contributed by atoms with van der Waals surface area (Å²) in [6.45, 7) is 8.41. The highest BCUT2D eigenvalue weighted by atomic mass is 16.1. The maximum Gasteiger partial charge on any atom is 0.220 e. The summed E-state index contributed by atoms with van der Waals surface area (Å²) in [5.74, 6) is 0.730. The van der Waals surface area contributed by atoms with E-state index in [4.69, 9.17) is 0 Å². The first-order valence-electron chi connectivity index (χ1n) is 4.91. The summed E-state index contributed by atoms with van der Waals surface area (Å²) >= 11 is 0. The Morgan fingerprint density at radius 1 is 1.33 bits per heavy atom. The van der Waals surface area contributed by atoms with Crippen molar-refractivity contribution >= 4 is 5.91 Å². The van der Waals surface area contributed by atoms with Crippen LogP contribution in [-0.4, -0.2) is 11.9 Å². The van der Waals surface area contributed by atoms with Gasteiger partial charge in [0.15, 0.2) is 0 Å². The van der Waals surface area contributed by atoms with Gasteiger partial charge in [-0.1, -0.05) is 27.7 Å². The zero-order chi connectivity index (χ0) is 9.56.